The van der Waals surface area contributed by atoms with Gasteiger partial charge in [-0.3, -0.25) is 4.68 Å². The molecule has 0 saturated carbocycles. The Morgan fingerprint density at radius 3 is 2.24 bits per heavy atom. The third kappa shape index (κ3) is 4.86. The molecule has 2 aliphatic heterocycles. The molecule has 1 aromatic heterocycles. The highest BCUT2D eigenvalue weighted by Gasteiger charge is 2.28. The van der Waals surface area contributed by atoms with Gasteiger partial charge in [-0.15, -0.1) is 0 Å². The van der Waals surface area contributed by atoms with Gasteiger partial charge >= 0.3 is 12.1 Å². The molecule has 0 radical (unpaired) electrons. The average Bonchev–Trinajstić information content (AvgIpc) is 3.28. The van der Waals surface area contributed by atoms with Crippen molar-refractivity contribution >= 4 is 17.7 Å². The van der Waals surface area contributed by atoms with Crippen LogP contribution >= 0.6 is 0 Å². The maximum absolute atomic E-state index is 12.6. The van der Waals surface area contributed by atoms with Crippen molar-refractivity contribution in [2.75, 3.05) is 57.8 Å². The summed E-state index contributed by atoms with van der Waals surface area (Å²) >= 11 is 0. The van der Waals surface area contributed by atoms with Crippen molar-refractivity contribution in [2.24, 2.45) is 0 Å². The number of nitrogens with zero attached hydrogens (tertiary/aromatic N) is 5. The molecule has 2 aromatic rings. The van der Waals surface area contributed by atoms with Crippen LogP contribution in [0.3, 0.4) is 0 Å². The summed E-state index contributed by atoms with van der Waals surface area (Å²) in [5.74, 6) is 0. The minimum Gasteiger partial charge on any atom is -0.378 e. The Hall–Kier alpha value is -3.07. The molecule has 1 N–H and O–H groups in total. The van der Waals surface area contributed by atoms with Crippen LogP contribution in [0, 0.1) is 0 Å². The highest BCUT2D eigenvalue weighted by Crippen LogP contribution is 2.13. The number of carbonyl (C=O) groups excluding carboxylic acids is 2. The van der Waals surface area contributed by atoms with Crippen LogP contribution in [0.1, 0.15) is 5.56 Å². The van der Waals surface area contributed by atoms with Crippen LogP contribution in [-0.2, 0) is 11.3 Å². The molecule has 1 aromatic carbocycles. The summed E-state index contributed by atoms with van der Waals surface area (Å²) in [5.41, 5.74) is 1.87. The molecule has 0 atom stereocenters. The molecule has 2 saturated heterocycles. The van der Waals surface area contributed by atoms with E-state index in [1.165, 1.54) is 0 Å². The molecule has 9 nitrogen and oxygen atoms in total. The molecule has 0 spiro atoms. The van der Waals surface area contributed by atoms with Crippen molar-refractivity contribution in [3.63, 3.8) is 0 Å². The molecule has 2 fully saturated rings. The lowest BCUT2D eigenvalue weighted by Gasteiger charge is -2.38. The van der Waals surface area contributed by atoms with Gasteiger partial charge < -0.3 is 24.8 Å². The highest BCUT2D eigenvalue weighted by atomic mass is 16.5. The molecular weight excluding hydrogens is 372 g/mol. The van der Waals surface area contributed by atoms with Crippen molar-refractivity contribution in [1.29, 1.82) is 0 Å². The second kappa shape index (κ2) is 8.95. The van der Waals surface area contributed by atoms with Crippen LogP contribution in [0.5, 0.6) is 0 Å². The first kappa shape index (κ1) is 19.3. The summed E-state index contributed by atoms with van der Waals surface area (Å²) in [6.45, 7) is 5.30. The van der Waals surface area contributed by atoms with Gasteiger partial charge in [0, 0.05) is 57.3 Å². The van der Waals surface area contributed by atoms with Gasteiger partial charge in [-0.05, 0) is 23.8 Å². The van der Waals surface area contributed by atoms with Crippen molar-refractivity contribution in [1.82, 2.24) is 24.5 Å². The summed E-state index contributed by atoms with van der Waals surface area (Å²) in [7, 11) is 0. The van der Waals surface area contributed by atoms with Crippen molar-refractivity contribution in [3.05, 3.63) is 48.3 Å². The first-order valence-electron chi connectivity index (χ1n) is 9.93. The van der Waals surface area contributed by atoms with E-state index in [1.54, 1.807) is 11.1 Å². The normalized spacial score (nSPS) is 17.3. The van der Waals surface area contributed by atoms with Crippen molar-refractivity contribution in [3.8, 4) is 0 Å². The quantitative estimate of drug-likeness (QED) is 0.850. The van der Waals surface area contributed by atoms with Crippen molar-refractivity contribution < 1.29 is 14.3 Å². The van der Waals surface area contributed by atoms with Gasteiger partial charge in [-0.2, -0.15) is 5.10 Å². The largest absolute Gasteiger partial charge is 0.378 e. The smallest absolute Gasteiger partial charge is 0.321 e. The van der Waals surface area contributed by atoms with E-state index in [9.17, 15) is 9.59 Å². The number of ether oxygens (including phenoxy) is 1. The Labute approximate surface area is 169 Å². The fourth-order valence-corrected chi connectivity index (χ4v) is 3.53. The first-order valence-corrected chi connectivity index (χ1v) is 9.93. The van der Waals surface area contributed by atoms with Crippen LogP contribution in [0.4, 0.5) is 15.3 Å². The third-order valence-corrected chi connectivity index (χ3v) is 5.23. The topological polar surface area (TPSA) is 82.9 Å². The predicted molar refractivity (Wildman–Crippen MR) is 108 cm³/mol. The van der Waals surface area contributed by atoms with Crippen LogP contribution in [0.15, 0.2) is 42.7 Å². The Bertz CT molecular complexity index is 809. The molecule has 0 bridgehead atoms. The number of aromatic nitrogens is 2. The van der Waals surface area contributed by atoms with Gasteiger partial charge in [0.25, 0.3) is 0 Å². The SMILES string of the molecule is O=C(Nc1ccc(Cn2cccn2)cc1)N1CCN(C(=O)N2CCOCC2)CC1. The zero-order valence-corrected chi connectivity index (χ0v) is 16.4. The summed E-state index contributed by atoms with van der Waals surface area (Å²) in [5, 5.41) is 7.13. The number of urea groups is 2. The van der Waals surface area contributed by atoms with E-state index in [-0.39, 0.29) is 12.1 Å². The lowest BCUT2D eigenvalue weighted by atomic mass is 10.2. The molecule has 29 heavy (non-hydrogen) atoms. The molecular formula is C20H26N6O3. The fraction of sp³-hybridized carbons (Fsp3) is 0.450. The number of rotatable bonds is 3. The monoisotopic (exact) mass is 398 g/mol. The van der Waals surface area contributed by atoms with Gasteiger partial charge in [-0.1, -0.05) is 12.1 Å². The molecule has 4 rings (SSSR count). The number of benzene rings is 1. The number of carbonyl (C=O) groups is 2. The number of anilines is 1. The van der Waals surface area contributed by atoms with Gasteiger partial charge in [0.2, 0.25) is 0 Å². The summed E-state index contributed by atoms with van der Waals surface area (Å²) in [4.78, 5) is 30.5. The van der Waals surface area contributed by atoms with Crippen LogP contribution in [0.2, 0.25) is 0 Å². The number of morpholine rings is 1. The minimum atomic E-state index is -0.136. The Morgan fingerprint density at radius 1 is 0.931 bits per heavy atom. The Morgan fingerprint density at radius 2 is 1.59 bits per heavy atom. The standard InChI is InChI=1S/C20H26N6O3/c27-19(22-18-4-2-17(3-5-18)16-26-7-1-6-21-26)23-8-10-24(11-9-23)20(28)25-12-14-29-15-13-25/h1-7H,8-16H2,(H,22,27). The summed E-state index contributed by atoms with van der Waals surface area (Å²) in [6.07, 6.45) is 3.67. The second-order valence-electron chi connectivity index (χ2n) is 7.19. The number of hydrogen-bond acceptors (Lipinski definition) is 4. The van der Waals surface area contributed by atoms with Gasteiger partial charge in [-0.25, -0.2) is 9.59 Å². The molecule has 154 valence electrons. The lowest BCUT2D eigenvalue weighted by Crippen LogP contribution is -2.56. The van der Waals surface area contributed by atoms with Gasteiger partial charge in [0.05, 0.1) is 19.8 Å². The predicted octanol–water partition coefficient (Wildman–Crippen LogP) is 1.53. The van der Waals surface area contributed by atoms with E-state index < -0.39 is 0 Å². The van der Waals surface area contributed by atoms with Gasteiger partial charge in [0.15, 0.2) is 0 Å². The first-order chi connectivity index (χ1) is 14.2. The molecule has 2 aliphatic rings. The molecule has 9 heteroatoms. The second-order valence-corrected chi connectivity index (χ2v) is 7.19. The molecule has 3 heterocycles. The van der Waals surface area contributed by atoms with Gasteiger partial charge in [0.1, 0.15) is 0 Å². The highest BCUT2D eigenvalue weighted by molar-refractivity contribution is 5.89. The average molecular weight is 398 g/mol. The van der Waals surface area contributed by atoms with Crippen LogP contribution in [-0.4, -0.2) is 89.0 Å². The van der Waals surface area contributed by atoms with E-state index in [2.05, 4.69) is 10.4 Å². The molecule has 0 unspecified atom stereocenters. The van der Waals surface area contributed by atoms with Crippen LogP contribution in [0.25, 0.3) is 0 Å². The van der Waals surface area contributed by atoms with E-state index in [1.807, 2.05) is 51.0 Å². The molecule has 0 aliphatic carbocycles. The van der Waals surface area contributed by atoms with E-state index >= 15 is 0 Å². The minimum absolute atomic E-state index is 0.0427. The molecule has 4 amide bonds. The Kier molecular flexibility index (Phi) is 5.95. The summed E-state index contributed by atoms with van der Waals surface area (Å²) < 4.78 is 7.15. The maximum Gasteiger partial charge on any atom is 0.321 e. The maximum atomic E-state index is 12.6. The number of amides is 4. The number of hydrogen-bond donors (Lipinski definition) is 1. The zero-order valence-electron chi connectivity index (χ0n) is 16.4. The van der Waals surface area contributed by atoms with E-state index in [4.69, 9.17) is 4.74 Å². The zero-order chi connectivity index (χ0) is 20.1. The Balaban J connectivity index is 1.24. The van der Waals surface area contributed by atoms with E-state index in [0.29, 0.717) is 59.0 Å². The summed E-state index contributed by atoms with van der Waals surface area (Å²) in [6, 6.07) is 9.56. The number of nitrogens with one attached hydrogen (secondary N) is 1. The number of piperazine rings is 1. The van der Waals surface area contributed by atoms with Crippen LogP contribution < -0.4 is 5.32 Å². The third-order valence-electron chi connectivity index (χ3n) is 5.23. The lowest BCUT2D eigenvalue weighted by molar-refractivity contribution is 0.0394. The van der Waals surface area contributed by atoms with Crippen molar-refractivity contribution in [2.45, 2.75) is 6.54 Å². The van der Waals surface area contributed by atoms with E-state index in [0.717, 1.165) is 11.3 Å². The fourth-order valence-electron chi connectivity index (χ4n) is 3.53.